The lowest BCUT2D eigenvalue weighted by Crippen LogP contribution is -2.28. The minimum atomic E-state index is -0.00850. The zero-order chi connectivity index (χ0) is 18.6. The van der Waals surface area contributed by atoms with Gasteiger partial charge in [0.1, 0.15) is 18.9 Å². The van der Waals surface area contributed by atoms with Gasteiger partial charge in [-0.15, -0.1) is 0 Å². The van der Waals surface area contributed by atoms with E-state index in [9.17, 15) is 4.79 Å². The van der Waals surface area contributed by atoms with Crippen molar-refractivity contribution in [3.8, 4) is 11.5 Å². The van der Waals surface area contributed by atoms with Crippen LogP contribution in [-0.2, 0) is 13.1 Å². The van der Waals surface area contributed by atoms with Crippen molar-refractivity contribution in [3.63, 3.8) is 0 Å². The van der Waals surface area contributed by atoms with Gasteiger partial charge in [0.2, 0.25) is 0 Å². The first-order chi connectivity index (χ1) is 13.2. The molecule has 0 saturated carbocycles. The summed E-state index contributed by atoms with van der Waals surface area (Å²) in [5, 5.41) is 0. The van der Waals surface area contributed by atoms with Gasteiger partial charge in [-0.25, -0.2) is 0 Å². The van der Waals surface area contributed by atoms with Crippen molar-refractivity contribution in [2.75, 3.05) is 20.3 Å². The fourth-order valence-electron chi connectivity index (χ4n) is 3.25. The summed E-state index contributed by atoms with van der Waals surface area (Å²) < 4.78 is 13.2. The minimum Gasteiger partial charge on any atom is -0.486 e. The predicted octanol–water partition coefficient (Wildman–Crippen LogP) is 3.58. The molecule has 0 bridgehead atoms. The third kappa shape index (κ3) is 3.82. The van der Waals surface area contributed by atoms with Gasteiger partial charge in [-0.05, 0) is 35.4 Å². The molecule has 1 amide bonds. The normalized spacial score (nSPS) is 12.6. The summed E-state index contributed by atoms with van der Waals surface area (Å²) in [4.78, 5) is 14.7. The highest BCUT2D eigenvalue weighted by atomic mass is 16.6. The van der Waals surface area contributed by atoms with Crippen LogP contribution in [0.3, 0.4) is 0 Å². The van der Waals surface area contributed by atoms with Gasteiger partial charge < -0.3 is 18.9 Å². The Morgan fingerprint density at radius 2 is 1.74 bits per heavy atom. The molecule has 0 unspecified atom stereocenters. The van der Waals surface area contributed by atoms with Gasteiger partial charge in [-0.1, -0.05) is 36.4 Å². The molecule has 0 fully saturated rings. The second-order valence-corrected chi connectivity index (χ2v) is 6.65. The molecule has 1 aliphatic rings. The fourth-order valence-corrected chi connectivity index (χ4v) is 3.25. The van der Waals surface area contributed by atoms with Gasteiger partial charge in [0.15, 0.2) is 11.5 Å². The van der Waals surface area contributed by atoms with Crippen LogP contribution in [0.15, 0.2) is 66.9 Å². The van der Waals surface area contributed by atoms with Gasteiger partial charge in [-0.3, -0.25) is 4.79 Å². The second-order valence-electron chi connectivity index (χ2n) is 6.65. The highest BCUT2D eigenvalue weighted by molar-refractivity contribution is 5.92. The van der Waals surface area contributed by atoms with Crippen molar-refractivity contribution in [1.82, 2.24) is 9.47 Å². The molecule has 0 spiro atoms. The first-order valence-corrected chi connectivity index (χ1v) is 9.04. The highest BCUT2D eigenvalue weighted by Crippen LogP contribution is 2.31. The molecule has 0 N–H and O–H groups in total. The molecule has 0 radical (unpaired) electrons. The molecule has 4 rings (SSSR count). The number of ether oxygens (including phenoxy) is 2. The predicted molar refractivity (Wildman–Crippen MR) is 103 cm³/mol. The summed E-state index contributed by atoms with van der Waals surface area (Å²) in [6.07, 6.45) is 1.94. The molecule has 2 heterocycles. The maximum absolute atomic E-state index is 13.0. The number of carbonyl (C=O) groups excluding carboxylic acids is 1. The third-order valence-electron chi connectivity index (χ3n) is 4.62. The lowest BCUT2D eigenvalue weighted by Gasteiger charge is -2.21. The standard InChI is InChI=1S/C22H22N2O3/c1-23(15-18-9-10-20-21(14-18)27-13-12-26-20)22(25)19-8-5-11-24(19)16-17-6-3-2-4-7-17/h2-11,14H,12-13,15-16H2,1H3. The molecule has 3 aromatic rings. The fraction of sp³-hybridized carbons (Fsp3) is 0.227. The molecular formula is C22H22N2O3. The molecule has 5 nitrogen and oxygen atoms in total. The zero-order valence-electron chi connectivity index (χ0n) is 15.3. The van der Waals surface area contributed by atoms with Crippen LogP contribution in [0.1, 0.15) is 21.6 Å². The van der Waals surface area contributed by atoms with E-state index in [0.29, 0.717) is 32.0 Å². The number of rotatable bonds is 5. The van der Waals surface area contributed by atoms with E-state index in [0.717, 1.165) is 22.6 Å². The molecule has 138 valence electrons. The third-order valence-corrected chi connectivity index (χ3v) is 4.62. The molecule has 0 atom stereocenters. The van der Waals surface area contributed by atoms with Crippen LogP contribution in [0.5, 0.6) is 11.5 Å². The molecule has 2 aromatic carbocycles. The molecule has 5 heteroatoms. The van der Waals surface area contributed by atoms with Gasteiger partial charge in [0.05, 0.1) is 0 Å². The Labute approximate surface area is 158 Å². The van der Waals surface area contributed by atoms with E-state index in [1.807, 2.05) is 66.3 Å². The van der Waals surface area contributed by atoms with Crippen molar-refractivity contribution in [1.29, 1.82) is 0 Å². The molecular weight excluding hydrogens is 340 g/mol. The van der Waals surface area contributed by atoms with E-state index in [4.69, 9.17) is 9.47 Å². The smallest absolute Gasteiger partial charge is 0.270 e. The van der Waals surface area contributed by atoms with Crippen molar-refractivity contribution in [3.05, 3.63) is 83.7 Å². The van der Waals surface area contributed by atoms with Crippen molar-refractivity contribution in [2.45, 2.75) is 13.1 Å². The molecule has 0 aliphatic carbocycles. The highest BCUT2D eigenvalue weighted by Gasteiger charge is 2.18. The summed E-state index contributed by atoms with van der Waals surface area (Å²) in [5.74, 6) is 1.49. The molecule has 27 heavy (non-hydrogen) atoms. The van der Waals surface area contributed by atoms with Crippen LogP contribution in [0.4, 0.5) is 0 Å². The van der Waals surface area contributed by atoms with Crippen LogP contribution < -0.4 is 9.47 Å². The molecule has 1 aliphatic heterocycles. The SMILES string of the molecule is CN(Cc1ccc2c(c1)OCCO2)C(=O)c1cccn1Cc1ccccc1. The van der Waals surface area contributed by atoms with E-state index in [-0.39, 0.29) is 5.91 Å². The number of hydrogen-bond donors (Lipinski definition) is 0. The number of aromatic nitrogens is 1. The van der Waals surface area contributed by atoms with E-state index in [1.54, 1.807) is 4.90 Å². The summed E-state index contributed by atoms with van der Waals surface area (Å²) in [7, 11) is 1.82. The minimum absolute atomic E-state index is 0.00850. The number of amides is 1. The topological polar surface area (TPSA) is 43.7 Å². The monoisotopic (exact) mass is 362 g/mol. The first-order valence-electron chi connectivity index (χ1n) is 9.04. The van der Waals surface area contributed by atoms with E-state index < -0.39 is 0 Å². The lowest BCUT2D eigenvalue weighted by molar-refractivity contribution is 0.0774. The van der Waals surface area contributed by atoms with E-state index >= 15 is 0 Å². The van der Waals surface area contributed by atoms with Gasteiger partial charge in [0.25, 0.3) is 5.91 Å². The Morgan fingerprint density at radius 3 is 2.56 bits per heavy atom. The van der Waals surface area contributed by atoms with Gasteiger partial charge >= 0.3 is 0 Å². The van der Waals surface area contributed by atoms with Crippen LogP contribution in [0.25, 0.3) is 0 Å². The number of hydrogen-bond acceptors (Lipinski definition) is 3. The Hall–Kier alpha value is -3.21. The Morgan fingerprint density at radius 1 is 0.963 bits per heavy atom. The number of nitrogens with zero attached hydrogens (tertiary/aromatic N) is 2. The van der Waals surface area contributed by atoms with Crippen LogP contribution in [0, 0.1) is 0 Å². The average molecular weight is 362 g/mol. The van der Waals surface area contributed by atoms with Gasteiger partial charge in [0, 0.05) is 26.3 Å². The van der Waals surface area contributed by atoms with Gasteiger partial charge in [-0.2, -0.15) is 0 Å². The van der Waals surface area contributed by atoms with E-state index in [2.05, 4.69) is 12.1 Å². The zero-order valence-corrected chi connectivity index (χ0v) is 15.3. The summed E-state index contributed by atoms with van der Waals surface area (Å²) in [5.41, 5.74) is 2.85. The van der Waals surface area contributed by atoms with Crippen molar-refractivity contribution < 1.29 is 14.3 Å². The molecule has 1 aromatic heterocycles. The van der Waals surface area contributed by atoms with Crippen LogP contribution >= 0.6 is 0 Å². The number of carbonyl (C=O) groups is 1. The van der Waals surface area contributed by atoms with Crippen LogP contribution in [-0.4, -0.2) is 35.6 Å². The molecule has 0 saturated heterocycles. The van der Waals surface area contributed by atoms with Crippen molar-refractivity contribution in [2.24, 2.45) is 0 Å². The van der Waals surface area contributed by atoms with E-state index in [1.165, 1.54) is 0 Å². The quantitative estimate of drug-likeness (QED) is 0.697. The lowest BCUT2D eigenvalue weighted by atomic mass is 10.1. The van der Waals surface area contributed by atoms with Crippen LogP contribution in [0.2, 0.25) is 0 Å². The Balaban J connectivity index is 1.48. The van der Waals surface area contributed by atoms with Crippen molar-refractivity contribution >= 4 is 5.91 Å². The Kier molecular flexibility index (Phi) is 4.83. The number of benzene rings is 2. The summed E-state index contributed by atoms with van der Waals surface area (Å²) in [6, 6.07) is 19.7. The second kappa shape index (κ2) is 7.58. The maximum Gasteiger partial charge on any atom is 0.270 e. The number of fused-ring (bicyclic) bond motifs is 1. The first kappa shape index (κ1) is 17.2. The maximum atomic E-state index is 13.0. The average Bonchev–Trinajstić information content (AvgIpc) is 3.16. The largest absolute Gasteiger partial charge is 0.486 e. The summed E-state index contributed by atoms with van der Waals surface area (Å²) >= 11 is 0. The summed E-state index contributed by atoms with van der Waals surface area (Å²) in [6.45, 7) is 2.31. The Bertz CT molecular complexity index is 934.